The number of ether oxygens (including phenoxy) is 1. The number of hydrogen-bond acceptors (Lipinski definition) is 3. The van der Waals surface area contributed by atoms with Crippen molar-refractivity contribution in [1.29, 1.82) is 0 Å². The van der Waals surface area contributed by atoms with Crippen LogP contribution in [0.2, 0.25) is 0 Å². The Morgan fingerprint density at radius 1 is 1.53 bits per heavy atom. The fourth-order valence-corrected chi connectivity index (χ4v) is 2.36. The van der Waals surface area contributed by atoms with E-state index >= 15 is 0 Å². The summed E-state index contributed by atoms with van der Waals surface area (Å²) in [5.41, 5.74) is 7.40. The first-order valence-electron chi connectivity index (χ1n) is 5.95. The number of para-hydroxylation sites is 1. The van der Waals surface area contributed by atoms with Gasteiger partial charge in [0.15, 0.2) is 0 Å². The molecule has 0 radical (unpaired) electrons. The molecule has 1 aliphatic rings. The standard InChI is InChI=1S/C13H19FN2O/c1-9(15)11-4-3-5-12(14)13(11)16-7-6-10(8-16)17-2/h3-5,9-10H,6-8,15H2,1-2H3/t9-,10?/m0/s1. The number of nitrogens with zero attached hydrogens (tertiary/aromatic N) is 1. The lowest BCUT2D eigenvalue weighted by Gasteiger charge is -2.24. The van der Waals surface area contributed by atoms with Gasteiger partial charge in [0, 0.05) is 26.2 Å². The summed E-state index contributed by atoms with van der Waals surface area (Å²) in [4.78, 5) is 2.03. The molecule has 1 aliphatic heterocycles. The van der Waals surface area contributed by atoms with Crippen molar-refractivity contribution in [3.8, 4) is 0 Å². The third kappa shape index (κ3) is 2.42. The second-order valence-corrected chi connectivity index (χ2v) is 4.56. The first-order chi connectivity index (χ1) is 8.13. The number of nitrogens with two attached hydrogens (primary N) is 1. The third-order valence-corrected chi connectivity index (χ3v) is 3.30. The summed E-state index contributed by atoms with van der Waals surface area (Å²) < 4.78 is 19.3. The fraction of sp³-hybridized carbons (Fsp3) is 0.538. The Balaban J connectivity index is 2.31. The molecule has 2 N–H and O–H groups in total. The van der Waals surface area contributed by atoms with Gasteiger partial charge in [-0.2, -0.15) is 0 Å². The van der Waals surface area contributed by atoms with Gasteiger partial charge in [-0.25, -0.2) is 4.39 Å². The summed E-state index contributed by atoms with van der Waals surface area (Å²) in [6, 6.07) is 4.92. The van der Waals surface area contributed by atoms with Gasteiger partial charge in [-0.05, 0) is 25.0 Å². The van der Waals surface area contributed by atoms with E-state index in [1.54, 1.807) is 13.2 Å². The summed E-state index contributed by atoms with van der Waals surface area (Å²) in [6.07, 6.45) is 1.12. The van der Waals surface area contributed by atoms with Crippen LogP contribution in [-0.2, 0) is 4.74 Å². The average molecular weight is 238 g/mol. The van der Waals surface area contributed by atoms with E-state index in [1.165, 1.54) is 6.07 Å². The fourth-order valence-electron chi connectivity index (χ4n) is 2.36. The van der Waals surface area contributed by atoms with Crippen LogP contribution in [0.1, 0.15) is 24.9 Å². The summed E-state index contributed by atoms with van der Waals surface area (Å²) in [5.74, 6) is -0.198. The van der Waals surface area contributed by atoms with Crippen LogP contribution in [0.3, 0.4) is 0 Å². The van der Waals surface area contributed by atoms with E-state index < -0.39 is 0 Å². The van der Waals surface area contributed by atoms with Crippen LogP contribution in [0.25, 0.3) is 0 Å². The molecule has 2 atom stereocenters. The number of hydrogen-bond donors (Lipinski definition) is 1. The average Bonchev–Trinajstić information content (AvgIpc) is 2.76. The molecular formula is C13H19FN2O. The molecule has 1 aromatic rings. The lowest BCUT2D eigenvalue weighted by atomic mass is 10.1. The smallest absolute Gasteiger partial charge is 0.146 e. The van der Waals surface area contributed by atoms with E-state index in [0.29, 0.717) is 5.69 Å². The molecular weight excluding hydrogens is 219 g/mol. The molecule has 2 rings (SSSR count). The SMILES string of the molecule is COC1CCN(c2c(F)cccc2[C@H](C)N)C1. The van der Waals surface area contributed by atoms with Gasteiger partial charge in [0.25, 0.3) is 0 Å². The molecule has 1 aromatic carbocycles. The van der Waals surface area contributed by atoms with Crippen LogP contribution in [0.15, 0.2) is 18.2 Å². The molecule has 0 amide bonds. The summed E-state index contributed by atoms with van der Waals surface area (Å²) in [5, 5.41) is 0. The van der Waals surface area contributed by atoms with Crippen LogP contribution < -0.4 is 10.6 Å². The van der Waals surface area contributed by atoms with Crippen molar-refractivity contribution in [2.24, 2.45) is 5.73 Å². The lowest BCUT2D eigenvalue weighted by molar-refractivity contribution is 0.121. The van der Waals surface area contributed by atoms with E-state index in [-0.39, 0.29) is 18.0 Å². The van der Waals surface area contributed by atoms with E-state index in [2.05, 4.69) is 0 Å². The number of halogens is 1. The highest BCUT2D eigenvalue weighted by Gasteiger charge is 2.26. The molecule has 0 bridgehead atoms. The quantitative estimate of drug-likeness (QED) is 0.876. The van der Waals surface area contributed by atoms with E-state index in [9.17, 15) is 4.39 Å². The molecule has 0 spiro atoms. The molecule has 1 fully saturated rings. The molecule has 1 saturated heterocycles. The molecule has 17 heavy (non-hydrogen) atoms. The minimum atomic E-state index is -0.198. The Morgan fingerprint density at radius 3 is 2.88 bits per heavy atom. The van der Waals surface area contributed by atoms with E-state index in [0.717, 1.165) is 25.1 Å². The predicted octanol–water partition coefficient (Wildman–Crippen LogP) is 2.07. The molecule has 3 nitrogen and oxygen atoms in total. The minimum absolute atomic E-state index is 0.165. The van der Waals surface area contributed by atoms with Crippen LogP contribution >= 0.6 is 0 Å². The Labute approximate surface area is 101 Å². The van der Waals surface area contributed by atoms with Crippen molar-refractivity contribution in [3.05, 3.63) is 29.6 Å². The van der Waals surface area contributed by atoms with E-state index in [4.69, 9.17) is 10.5 Å². The van der Waals surface area contributed by atoms with Gasteiger partial charge in [0.05, 0.1) is 11.8 Å². The van der Waals surface area contributed by atoms with Gasteiger partial charge >= 0.3 is 0 Å². The van der Waals surface area contributed by atoms with Crippen molar-refractivity contribution >= 4 is 5.69 Å². The van der Waals surface area contributed by atoms with Gasteiger partial charge in [-0.15, -0.1) is 0 Å². The van der Waals surface area contributed by atoms with Crippen molar-refractivity contribution in [1.82, 2.24) is 0 Å². The second-order valence-electron chi connectivity index (χ2n) is 4.56. The highest BCUT2D eigenvalue weighted by molar-refractivity contribution is 5.56. The molecule has 4 heteroatoms. The van der Waals surface area contributed by atoms with Gasteiger partial charge in [0.2, 0.25) is 0 Å². The Morgan fingerprint density at radius 2 is 2.29 bits per heavy atom. The number of benzene rings is 1. The van der Waals surface area contributed by atoms with Crippen molar-refractivity contribution in [3.63, 3.8) is 0 Å². The Hall–Kier alpha value is -1.13. The highest BCUT2D eigenvalue weighted by Crippen LogP contribution is 2.31. The summed E-state index contributed by atoms with van der Waals surface area (Å²) in [7, 11) is 1.70. The zero-order chi connectivity index (χ0) is 12.4. The number of rotatable bonds is 3. The Bertz CT molecular complexity index is 395. The first-order valence-corrected chi connectivity index (χ1v) is 5.95. The normalized spacial score (nSPS) is 21.9. The molecule has 1 heterocycles. The van der Waals surface area contributed by atoms with Crippen LogP contribution in [0, 0.1) is 5.82 Å². The minimum Gasteiger partial charge on any atom is -0.380 e. The van der Waals surface area contributed by atoms with Crippen molar-refractivity contribution in [2.45, 2.75) is 25.5 Å². The monoisotopic (exact) mass is 238 g/mol. The molecule has 0 saturated carbocycles. The van der Waals surface area contributed by atoms with E-state index in [1.807, 2.05) is 17.9 Å². The summed E-state index contributed by atoms with van der Waals surface area (Å²) >= 11 is 0. The van der Waals surface area contributed by atoms with Gasteiger partial charge in [0.1, 0.15) is 5.82 Å². The van der Waals surface area contributed by atoms with Crippen LogP contribution in [0.4, 0.5) is 10.1 Å². The summed E-state index contributed by atoms with van der Waals surface area (Å²) in [6.45, 7) is 3.43. The molecule has 0 aromatic heterocycles. The second kappa shape index (κ2) is 5.02. The molecule has 0 aliphatic carbocycles. The maximum absolute atomic E-state index is 14.0. The van der Waals surface area contributed by atoms with Gasteiger partial charge < -0.3 is 15.4 Å². The lowest BCUT2D eigenvalue weighted by Crippen LogP contribution is -2.25. The van der Waals surface area contributed by atoms with Crippen molar-refractivity contribution < 1.29 is 9.13 Å². The largest absolute Gasteiger partial charge is 0.380 e. The Kier molecular flexibility index (Phi) is 3.64. The zero-order valence-electron chi connectivity index (χ0n) is 10.3. The zero-order valence-corrected chi connectivity index (χ0v) is 10.3. The maximum Gasteiger partial charge on any atom is 0.146 e. The first kappa shape index (κ1) is 12.3. The highest BCUT2D eigenvalue weighted by atomic mass is 19.1. The third-order valence-electron chi connectivity index (χ3n) is 3.30. The van der Waals surface area contributed by atoms with Gasteiger partial charge in [-0.3, -0.25) is 0 Å². The maximum atomic E-state index is 14.0. The van der Waals surface area contributed by atoms with Gasteiger partial charge in [-0.1, -0.05) is 12.1 Å². The van der Waals surface area contributed by atoms with Crippen LogP contribution in [0.5, 0.6) is 0 Å². The topological polar surface area (TPSA) is 38.5 Å². The molecule has 1 unspecified atom stereocenters. The predicted molar refractivity (Wildman–Crippen MR) is 66.6 cm³/mol. The number of anilines is 1. The molecule has 94 valence electrons. The van der Waals surface area contributed by atoms with Crippen LogP contribution in [-0.4, -0.2) is 26.3 Å². The van der Waals surface area contributed by atoms with Crippen molar-refractivity contribution in [2.75, 3.05) is 25.1 Å². The number of methoxy groups -OCH3 is 1.